The minimum Gasteiger partial charge on any atom is -0.314 e. The van der Waals surface area contributed by atoms with Gasteiger partial charge in [-0.25, -0.2) is 4.98 Å². The zero-order valence-electron chi connectivity index (χ0n) is 16.3. The van der Waals surface area contributed by atoms with Crippen LogP contribution in [0, 0.1) is 6.92 Å². The van der Waals surface area contributed by atoms with Gasteiger partial charge >= 0.3 is 0 Å². The first-order valence-electron chi connectivity index (χ1n) is 9.95. The van der Waals surface area contributed by atoms with Gasteiger partial charge in [0.15, 0.2) is 0 Å². The number of nitrogens with one attached hydrogen (secondary N) is 1. The summed E-state index contributed by atoms with van der Waals surface area (Å²) in [4.78, 5) is 7.29. The summed E-state index contributed by atoms with van der Waals surface area (Å²) in [6.07, 6.45) is 1.92. The molecule has 0 saturated carbocycles. The van der Waals surface area contributed by atoms with E-state index in [0.717, 1.165) is 37.7 Å². The van der Waals surface area contributed by atoms with Crippen LogP contribution in [0.4, 0.5) is 0 Å². The van der Waals surface area contributed by atoms with Crippen molar-refractivity contribution in [3.8, 4) is 0 Å². The van der Waals surface area contributed by atoms with Gasteiger partial charge in [0.2, 0.25) is 0 Å². The zero-order valence-corrected chi connectivity index (χ0v) is 17.2. The third kappa shape index (κ3) is 4.82. The second-order valence-electron chi connectivity index (χ2n) is 7.31. The predicted octanol–water partition coefficient (Wildman–Crippen LogP) is 4.68. The Hall–Kier alpha value is -2.14. The van der Waals surface area contributed by atoms with Crippen molar-refractivity contribution in [1.29, 1.82) is 0 Å². The molecule has 0 amide bonds. The van der Waals surface area contributed by atoms with Crippen LogP contribution >= 0.6 is 11.8 Å². The lowest BCUT2D eigenvalue weighted by Crippen LogP contribution is -2.43. The van der Waals surface area contributed by atoms with Crippen molar-refractivity contribution < 1.29 is 0 Å². The molecule has 1 saturated heterocycles. The summed E-state index contributed by atoms with van der Waals surface area (Å²) in [7, 11) is 0. The summed E-state index contributed by atoms with van der Waals surface area (Å²) in [5.74, 6) is 0. The molecule has 4 rings (SSSR count). The zero-order chi connectivity index (χ0) is 19.2. The molecular formula is C24H27N3S. The lowest BCUT2D eigenvalue weighted by atomic mass is 10.0. The maximum absolute atomic E-state index is 4.77. The molecule has 0 radical (unpaired) electrons. The van der Waals surface area contributed by atoms with Gasteiger partial charge in [-0.3, -0.25) is 4.90 Å². The topological polar surface area (TPSA) is 28.2 Å². The highest BCUT2D eigenvalue weighted by Gasteiger charge is 2.19. The van der Waals surface area contributed by atoms with Crippen molar-refractivity contribution in [1.82, 2.24) is 15.2 Å². The smallest absolute Gasteiger partial charge is 0.101 e. The molecule has 144 valence electrons. The lowest BCUT2D eigenvalue weighted by molar-refractivity contribution is 0.231. The van der Waals surface area contributed by atoms with Crippen LogP contribution in [0.5, 0.6) is 0 Å². The second-order valence-corrected chi connectivity index (χ2v) is 8.41. The number of piperazine rings is 1. The Bertz CT molecular complexity index is 874. The number of aryl methyl sites for hydroxylation is 1. The molecular weight excluding hydrogens is 362 g/mol. The third-order valence-corrected chi connectivity index (χ3v) is 6.54. The molecule has 3 nitrogen and oxygen atoms in total. The van der Waals surface area contributed by atoms with Gasteiger partial charge in [-0.2, -0.15) is 0 Å². The number of thioether (sulfide) groups is 1. The Morgan fingerprint density at radius 1 is 0.929 bits per heavy atom. The Labute approximate surface area is 172 Å². The van der Waals surface area contributed by atoms with Gasteiger partial charge < -0.3 is 5.32 Å². The van der Waals surface area contributed by atoms with Crippen LogP contribution in [0.25, 0.3) is 0 Å². The first kappa shape index (κ1) is 19.2. The summed E-state index contributed by atoms with van der Waals surface area (Å²) < 4.78 is 0. The monoisotopic (exact) mass is 389 g/mol. The van der Waals surface area contributed by atoms with Crippen LogP contribution < -0.4 is 5.32 Å². The quantitative estimate of drug-likeness (QED) is 0.620. The summed E-state index contributed by atoms with van der Waals surface area (Å²) in [6.45, 7) is 7.43. The van der Waals surface area contributed by atoms with E-state index in [4.69, 9.17) is 4.98 Å². The fourth-order valence-corrected chi connectivity index (χ4v) is 4.79. The van der Waals surface area contributed by atoms with Crippen LogP contribution in [-0.2, 0) is 6.54 Å². The van der Waals surface area contributed by atoms with E-state index in [-0.39, 0.29) is 5.25 Å². The van der Waals surface area contributed by atoms with E-state index < -0.39 is 0 Å². The number of hydrogen-bond acceptors (Lipinski definition) is 4. The minimum absolute atomic E-state index is 0.235. The Morgan fingerprint density at radius 3 is 2.39 bits per heavy atom. The number of rotatable bonds is 6. The van der Waals surface area contributed by atoms with Gasteiger partial charge in [-0.15, -0.1) is 0 Å². The van der Waals surface area contributed by atoms with Crippen LogP contribution in [0.15, 0.2) is 78.0 Å². The molecule has 1 aliphatic rings. The largest absolute Gasteiger partial charge is 0.314 e. The first-order valence-corrected chi connectivity index (χ1v) is 10.8. The van der Waals surface area contributed by atoms with Crippen molar-refractivity contribution in [3.63, 3.8) is 0 Å². The van der Waals surface area contributed by atoms with Crippen molar-refractivity contribution in [2.75, 3.05) is 26.2 Å². The standard InChI is InChI=1S/C24H27N3S/c1-19-9-11-21(12-10-19)23(20-6-3-2-4-7-20)28-24-22(8-5-13-26-24)18-27-16-14-25-15-17-27/h2-13,23,25H,14-18H2,1H3. The third-order valence-electron chi connectivity index (χ3n) is 5.17. The molecule has 2 aromatic carbocycles. The van der Waals surface area contributed by atoms with Gasteiger partial charge in [-0.1, -0.05) is 78.0 Å². The normalized spacial score (nSPS) is 16.0. The van der Waals surface area contributed by atoms with Gasteiger partial charge in [0.25, 0.3) is 0 Å². The molecule has 1 N–H and O–H groups in total. The SMILES string of the molecule is Cc1ccc(C(Sc2ncccc2CN2CCNCC2)c2ccccc2)cc1. The molecule has 2 heterocycles. The van der Waals surface area contributed by atoms with Crippen LogP contribution in [0.2, 0.25) is 0 Å². The average Bonchev–Trinajstić information content (AvgIpc) is 2.75. The summed E-state index contributed by atoms with van der Waals surface area (Å²) >= 11 is 1.86. The maximum atomic E-state index is 4.77. The minimum atomic E-state index is 0.235. The number of aromatic nitrogens is 1. The Kier molecular flexibility index (Phi) is 6.42. The van der Waals surface area contributed by atoms with Crippen LogP contribution in [-0.4, -0.2) is 36.1 Å². The van der Waals surface area contributed by atoms with E-state index in [0.29, 0.717) is 0 Å². The fraction of sp³-hybridized carbons (Fsp3) is 0.292. The molecule has 4 heteroatoms. The number of pyridine rings is 1. The van der Waals surface area contributed by atoms with Gasteiger partial charge in [0.05, 0.1) is 5.25 Å². The van der Waals surface area contributed by atoms with Crippen LogP contribution in [0.1, 0.15) is 27.5 Å². The molecule has 28 heavy (non-hydrogen) atoms. The van der Waals surface area contributed by atoms with Gasteiger partial charge in [-0.05, 0) is 29.7 Å². The van der Waals surface area contributed by atoms with E-state index in [1.54, 1.807) is 0 Å². The van der Waals surface area contributed by atoms with Crippen molar-refractivity contribution in [3.05, 3.63) is 95.2 Å². The molecule has 3 aromatic rings. The Morgan fingerprint density at radius 2 is 1.64 bits per heavy atom. The van der Waals surface area contributed by atoms with E-state index in [1.165, 1.54) is 22.3 Å². The molecule has 0 aliphatic carbocycles. The highest BCUT2D eigenvalue weighted by molar-refractivity contribution is 7.99. The van der Waals surface area contributed by atoms with Gasteiger partial charge in [0.1, 0.15) is 5.03 Å². The highest BCUT2D eigenvalue weighted by atomic mass is 32.2. The molecule has 0 bridgehead atoms. The molecule has 1 unspecified atom stereocenters. The van der Waals surface area contributed by atoms with E-state index >= 15 is 0 Å². The van der Waals surface area contributed by atoms with Crippen molar-refractivity contribution in [2.24, 2.45) is 0 Å². The van der Waals surface area contributed by atoms with E-state index in [9.17, 15) is 0 Å². The number of hydrogen-bond donors (Lipinski definition) is 1. The number of benzene rings is 2. The summed E-state index contributed by atoms with van der Waals surface area (Å²) in [5, 5.41) is 4.80. The molecule has 1 atom stereocenters. The second kappa shape index (κ2) is 9.37. The lowest BCUT2D eigenvalue weighted by Gasteiger charge is -2.28. The summed E-state index contributed by atoms with van der Waals surface area (Å²) in [5.41, 5.74) is 5.25. The van der Waals surface area contributed by atoms with Crippen molar-refractivity contribution >= 4 is 11.8 Å². The maximum Gasteiger partial charge on any atom is 0.101 e. The highest BCUT2D eigenvalue weighted by Crippen LogP contribution is 2.41. The molecule has 1 aromatic heterocycles. The molecule has 1 fully saturated rings. The van der Waals surface area contributed by atoms with Gasteiger partial charge in [0, 0.05) is 38.9 Å². The first-order chi connectivity index (χ1) is 13.8. The summed E-state index contributed by atoms with van der Waals surface area (Å²) in [6, 6.07) is 24.0. The van der Waals surface area contributed by atoms with Crippen LogP contribution in [0.3, 0.4) is 0 Å². The van der Waals surface area contributed by atoms with Crippen molar-refractivity contribution in [2.45, 2.75) is 23.7 Å². The van der Waals surface area contributed by atoms with E-state index in [1.807, 2.05) is 18.0 Å². The fourth-order valence-electron chi connectivity index (χ4n) is 3.57. The Balaban J connectivity index is 1.62. The number of nitrogens with zero attached hydrogens (tertiary/aromatic N) is 2. The molecule has 1 aliphatic heterocycles. The molecule has 0 spiro atoms. The average molecular weight is 390 g/mol. The predicted molar refractivity (Wildman–Crippen MR) is 118 cm³/mol. The van der Waals surface area contributed by atoms with E-state index in [2.05, 4.69) is 83.9 Å².